The van der Waals surface area contributed by atoms with Crippen LogP contribution in [0.15, 0.2) is 35.7 Å². The lowest BCUT2D eigenvalue weighted by Gasteiger charge is -2.12. The highest BCUT2D eigenvalue weighted by Gasteiger charge is 2.07. The number of hydrogen-bond acceptors (Lipinski definition) is 3. The molecule has 0 fully saturated rings. The van der Waals surface area contributed by atoms with E-state index in [9.17, 15) is 5.11 Å². The molecule has 2 N–H and O–H groups in total. The van der Waals surface area contributed by atoms with E-state index in [2.05, 4.69) is 31.3 Å². The van der Waals surface area contributed by atoms with Gasteiger partial charge >= 0.3 is 0 Å². The summed E-state index contributed by atoms with van der Waals surface area (Å²) in [5.41, 5.74) is 3.61. The minimum Gasteiger partial charge on any atom is -0.386 e. The van der Waals surface area contributed by atoms with E-state index in [1.807, 2.05) is 23.6 Å². The maximum absolute atomic E-state index is 9.94. The molecule has 0 amide bonds. The van der Waals surface area contributed by atoms with Crippen molar-refractivity contribution < 1.29 is 5.11 Å². The third-order valence-corrected chi connectivity index (χ3v) is 3.85. The van der Waals surface area contributed by atoms with Gasteiger partial charge in [-0.25, -0.2) is 0 Å². The van der Waals surface area contributed by atoms with Gasteiger partial charge in [-0.2, -0.15) is 0 Å². The van der Waals surface area contributed by atoms with Gasteiger partial charge in [0.1, 0.15) is 6.10 Å². The first-order valence-electron chi connectivity index (χ1n) is 5.69. The summed E-state index contributed by atoms with van der Waals surface area (Å²) in [5.74, 6) is 0. The van der Waals surface area contributed by atoms with Gasteiger partial charge in [0.2, 0.25) is 0 Å². The van der Waals surface area contributed by atoms with Gasteiger partial charge in [0.15, 0.2) is 0 Å². The third-order valence-electron chi connectivity index (χ3n) is 2.88. The number of rotatable bonds is 4. The van der Waals surface area contributed by atoms with Gasteiger partial charge in [-0.1, -0.05) is 12.1 Å². The monoisotopic (exact) mass is 247 g/mol. The summed E-state index contributed by atoms with van der Waals surface area (Å²) < 4.78 is 0. The molecule has 0 spiro atoms. The standard InChI is InChI=1S/C14H17NOS/c1-10-5-6-12(8-11(10)2)15-9-13(16)14-4-3-7-17-14/h3-8,13,15-16H,9H2,1-2H3. The Balaban J connectivity index is 1.96. The van der Waals surface area contributed by atoms with Crippen LogP contribution in [0, 0.1) is 13.8 Å². The molecule has 1 heterocycles. The maximum Gasteiger partial charge on any atom is 0.105 e. The second kappa shape index (κ2) is 5.34. The molecule has 0 radical (unpaired) electrons. The molecule has 2 nitrogen and oxygen atoms in total. The molecule has 1 aromatic heterocycles. The van der Waals surface area contributed by atoms with Gasteiger partial charge < -0.3 is 10.4 Å². The minimum absolute atomic E-state index is 0.434. The fourth-order valence-corrected chi connectivity index (χ4v) is 2.36. The molecule has 0 aliphatic rings. The zero-order valence-electron chi connectivity index (χ0n) is 10.1. The Bertz CT molecular complexity index is 479. The second-order valence-corrected chi connectivity index (χ2v) is 5.19. The highest BCUT2D eigenvalue weighted by molar-refractivity contribution is 7.10. The van der Waals surface area contributed by atoms with Crippen molar-refractivity contribution in [1.29, 1.82) is 0 Å². The van der Waals surface area contributed by atoms with Gasteiger partial charge in [-0.3, -0.25) is 0 Å². The van der Waals surface area contributed by atoms with E-state index in [4.69, 9.17) is 0 Å². The first kappa shape index (κ1) is 12.1. The van der Waals surface area contributed by atoms with Crippen LogP contribution in [0.4, 0.5) is 5.69 Å². The van der Waals surface area contributed by atoms with Crippen LogP contribution in [-0.4, -0.2) is 11.7 Å². The molecular weight excluding hydrogens is 230 g/mol. The molecule has 2 rings (SSSR count). The molecule has 0 saturated carbocycles. The molecule has 0 bridgehead atoms. The number of aryl methyl sites for hydroxylation is 2. The van der Waals surface area contributed by atoms with Gasteiger partial charge in [0.05, 0.1) is 0 Å². The van der Waals surface area contributed by atoms with E-state index in [1.165, 1.54) is 11.1 Å². The fourth-order valence-electron chi connectivity index (χ4n) is 1.65. The quantitative estimate of drug-likeness (QED) is 0.866. The van der Waals surface area contributed by atoms with Crippen LogP contribution >= 0.6 is 11.3 Å². The minimum atomic E-state index is -0.434. The van der Waals surface area contributed by atoms with Gasteiger partial charge in [0.25, 0.3) is 0 Å². The van der Waals surface area contributed by atoms with E-state index < -0.39 is 6.10 Å². The molecule has 1 unspecified atom stereocenters. The van der Waals surface area contributed by atoms with Crippen LogP contribution in [-0.2, 0) is 0 Å². The fraction of sp³-hybridized carbons (Fsp3) is 0.286. The summed E-state index contributed by atoms with van der Waals surface area (Å²) in [4.78, 5) is 1.00. The molecule has 90 valence electrons. The molecule has 2 aromatic rings. The van der Waals surface area contributed by atoms with E-state index in [-0.39, 0.29) is 0 Å². The summed E-state index contributed by atoms with van der Waals surface area (Å²) in [6.45, 7) is 4.73. The highest BCUT2D eigenvalue weighted by atomic mass is 32.1. The van der Waals surface area contributed by atoms with Gasteiger partial charge in [0, 0.05) is 17.1 Å². The molecule has 17 heavy (non-hydrogen) atoms. The van der Waals surface area contributed by atoms with Gasteiger partial charge in [-0.15, -0.1) is 11.3 Å². The van der Waals surface area contributed by atoms with Crippen LogP contribution < -0.4 is 5.32 Å². The Hall–Kier alpha value is -1.32. The number of aliphatic hydroxyl groups is 1. The van der Waals surface area contributed by atoms with Crippen molar-refractivity contribution in [3.05, 3.63) is 51.7 Å². The summed E-state index contributed by atoms with van der Waals surface area (Å²) in [6.07, 6.45) is -0.434. The zero-order valence-corrected chi connectivity index (χ0v) is 10.9. The van der Waals surface area contributed by atoms with Crippen LogP contribution in [0.1, 0.15) is 22.1 Å². The van der Waals surface area contributed by atoms with Crippen molar-refractivity contribution in [3.8, 4) is 0 Å². The maximum atomic E-state index is 9.94. The Morgan fingerprint density at radius 3 is 2.71 bits per heavy atom. The number of nitrogens with one attached hydrogen (secondary N) is 1. The first-order chi connectivity index (χ1) is 8.16. The Labute approximate surface area is 106 Å². The van der Waals surface area contributed by atoms with Crippen molar-refractivity contribution in [2.45, 2.75) is 20.0 Å². The average molecular weight is 247 g/mol. The summed E-state index contributed by atoms with van der Waals surface area (Å²) in [5, 5.41) is 15.2. The number of hydrogen-bond donors (Lipinski definition) is 2. The second-order valence-electron chi connectivity index (χ2n) is 4.21. The van der Waals surface area contributed by atoms with Crippen LogP contribution in [0.25, 0.3) is 0 Å². The van der Waals surface area contributed by atoms with Crippen molar-refractivity contribution in [2.75, 3.05) is 11.9 Å². The molecule has 3 heteroatoms. The van der Waals surface area contributed by atoms with E-state index >= 15 is 0 Å². The van der Waals surface area contributed by atoms with Crippen molar-refractivity contribution in [2.24, 2.45) is 0 Å². The van der Waals surface area contributed by atoms with Crippen molar-refractivity contribution in [1.82, 2.24) is 0 Å². The van der Waals surface area contributed by atoms with Crippen LogP contribution in [0.5, 0.6) is 0 Å². The Morgan fingerprint density at radius 1 is 1.24 bits per heavy atom. The number of thiophene rings is 1. The molecule has 0 aliphatic carbocycles. The molecule has 1 aromatic carbocycles. The summed E-state index contributed by atoms with van der Waals surface area (Å²) in [7, 11) is 0. The highest BCUT2D eigenvalue weighted by Crippen LogP contribution is 2.20. The lowest BCUT2D eigenvalue weighted by Crippen LogP contribution is -2.11. The van der Waals surface area contributed by atoms with E-state index in [1.54, 1.807) is 11.3 Å². The number of aliphatic hydroxyl groups excluding tert-OH is 1. The topological polar surface area (TPSA) is 32.3 Å². The number of benzene rings is 1. The van der Waals surface area contributed by atoms with Crippen molar-refractivity contribution in [3.63, 3.8) is 0 Å². The van der Waals surface area contributed by atoms with Gasteiger partial charge in [-0.05, 0) is 48.6 Å². The Kier molecular flexibility index (Phi) is 3.82. The predicted octanol–water partition coefficient (Wildman–Crippen LogP) is 3.51. The van der Waals surface area contributed by atoms with Crippen LogP contribution in [0.2, 0.25) is 0 Å². The normalized spacial score (nSPS) is 12.4. The molecule has 1 atom stereocenters. The lowest BCUT2D eigenvalue weighted by molar-refractivity contribution is 0.195. The summed E-state index contributed by atoms with van der Waals surface area (Å²) in [6, 6.07) is 10.2. The van der Waals surface area contributed by atoms with E-state index in [0.29, 0.717) is 6.54 Å². The number of anilines is 1. The van der Waals surface area contributed by atoms with Crippen molar-refractivity contribution >= 4 is 17.0 Å². The predicted molar refractivity (Wildman–Crippen MR) is 73.7 cm³/mol. The largest absolute Gasteiger partial charge is 0.386 e. The van der Waals surface area contributed by atoms with Crippen LogP contribution in [0.3, 0.4) is 0 Å². The lowest BCUT2D eigenvalue weighted by atomic mass is 10.1. The SMILES string of the molecule is Cc1ccc(NCC(O)c2cccs2)cc1C. The Morgan fingerprint density at radius 2 is 2.06 bits per heavy atom. The first-order valence-corrected chi connectivity index (χ1v) is 6.57. The zero-order chi connectivity index (χ0) is 12.3. The summed E-state index contributed by atoms with van der Waals surface area (Å²) >= 11 is 1.58. The average Bonchev–Trinajstić information content (AvgIpc) is 2.84. The smallest absolute Gasteiger partial charge is 0.105 e. The molecule has 0 aliphatic heterocycles. The van der Waals surface area contributed by atoms with E-state index in [0.717, 1.165) is 10.6 Å². The molecular formula is C14H17NOS. The molecule has 0 saturated heterocycles. The third kappa shape index (κ3) is 3.08.